The second-order valence-electron chi connectivity index (χ2n) is 4.21. The van der Waals surface area contributed by atoms with E-state index in [1.165, 1.54) is 4.57 Å². The summed E-state index contributed by atoms with van der Waals surface area (Å²) in [6, 6.07) is 12.7. The quantitative estimate of drug-likeness (QED) is 0.476. The summed E-state index contributed by atoms with van der Waals surface area (Å²) in [4.78, 5) is 15.7. The molecule has 0 atom stereocenters. The van der Waals surface area contributed by atoms with Gasteiger partial charge in [-0.1, -0.05) is 23.7 Å². The highest BCUT2D eigenvalue weighted by molar-refractivity contribution is 14.1. The van der Waals surface area contributed by atoms with Crippen LogP contribution in [0.15, 0.2) is 47.3 Å². The van der Waals surface area contributed by atoms with Crippen LogP contribution in [0.25, 0.3) is 16.6 Å². The first-order valence-electron chi connectivity index (χ1n) is 5.77. The Morgan fingerprint density at radius 3 is 2.70 bits per heavy atom. The molecule has 1 N–H and O–H groups in total. The predicted octanol–water partition coefficient (Wildman–Crippen LogP) is 4.31. The molecule has 3 nitrogen and oxygen atoms in total. The second kappa shape index (κ2) is 5.31. The lowest BCUT2D eigenvalue weighted by Gasteiger charge is -2.10. The molecule has 0 unspecified atom stereocenters. The maximum atomic E-state index is 12.6. The van der Waals surface area contributed by atoms with Gasteiger partial charge in [-0.2, -0.15) is 0 Å². The molecular weight excluding hydrogens is 407 g/mol. The summed E-state index contributed by atoms with van der Waals surface area (Å²) in [6.45, 7) is 0. The van der Waals surface area contributed by atoms with Crippen molar-refractivity contribution < 1.29 is 0 Å². The molecular formula is C14H8ClIN2OS. The summed E-state index contributed by atoms with van der Waals surface area (Å²) in [5.74, 6) is 0. The van der Waals surface area contributed by atoms with Gasteiger partial charge in [0.05, 0.1) is 21.6 Å². The number of hydrogen-bond donors (Lipinski definition) is 1. The van der Waals surface area contributed by atoms with Crippen molar-refractivity contribution in [1.82, 2.24) is 9.55 Å². The van der Waals surface area contributed by atoms with Crippen LogP contribution in [0.5, 0.6) is 0 Å². The van der Waals surface area contributed by atoms with Gasteiger partial charge in [-0.3, -0.25) is 9.36 Å². The fraction of sp³-hybridized carbons (Fsp3) is 0. The van der Waals surface area contributed by atoms with Gasteiger partial charge in [0, 0.05) is 3.57 Å². The number of nitrogens with zero attached hydrogens (tertiary/aromatic N) is 1. The van der Waals surface area contributed by atoms with Gasteiger partial charge in [-0.05, 0) is 65.1 Å². The van der Waals surface area contributed by atoms with Crippen molar-refractivity contribution in [2.75, 3.05) is 0 Å². The zero-order valence-electron chi connectivity index (χ0n) is 10.1. The van der Waals surface area contributed by atoms with Gasteiger partial charge in [0.25, 0.3) is 5.56 Å². The van der Waals surface area contributed by atoms with Gasteiger partial charge >= 0.3 is 0 Å². The van der Waals surface area contributed by atoms with E-state index in [4.69, 9.17) is 23.8 Å². The number of rotatable bonds is 1. The Bertz CT molecular complexity index is 932. The van der Waals surface area contributed by atoms with Crippen LogP contribution >= 0.6 is 46.4 Å². The maximum absolute atomic E-state index is 12.6. The molecule has 0 radical (unpaired) electrons. The summed E-state index contributed by atoms with van der Waals surface area (Å²) in [7, 11) is 0. The van der Waals surface area contributed by atoms with Crippen LogP contribution in [0.4, 0.5) is 0 Å². The van der Waals surface area contributed by atoms with E-state index in [1.54, 1.807) is 18.2 Å². The highest BCUT2D eigenvalue weighted by Gasteiger charge is 2.10. The van der Waals surface area contributed by atoms with Gasteiger partial charge in [0.15, 0.2) is 4.77 Å². The molecule has 100 valence electrons. The predicted molar refractivity (Wildman–Crippen MR) is 92.5 cm³/mol. The molecule has 0 aliphatic carbocycles. The lowest BCUT2D eigenvalue weighted by atomic mass is 10.2. The number of H-pyrrole nitrogens is 1. The monoisotopic (exact) mass is 414 g/mol. The van der Waals surface area contributed by atoms with Crippen LogP contribution in [0, 0.1) is 8.34 Å². The lowest BCUT2D eigenvalue weighted by Crippen LogP contribution is -2.20. The highest BCUT2D eigenvalue weighted by atomic mass is 127. The number of hydrogen-bond acceptors (Lipinski definition) is 2. The van der Waals surface area contributed by atoms with Crippen molar-refractivity contribution in [3.63, 3.8) is 0 Å². The average Bonchev–Trinajstić information content (AvgIpc) is 2.41. The zero-order chi connectivity index (χ0) is 14.3. The molecule has 0 saturated carbocycles. The largest absolute Gasteiger partial charge is 0.331 e. The van der Waals surface area contributed by atoms with Crippen LogP contribution in [-0.2, 0) is 0 Å². The number of para-hydroxylation sites is 1. The number of halogens is 2. The topological polar surface area (TPSA) is 37.8 Å². The summed E-state index contributed by atoms with van der Waals surface area (Å²) in [5, 5.41) is 1.07. The number of fused-ring (bicyclic) bond motifs is 1. The molecule has 2 aromatic carbocycles. The summed E-state index contributed by atoms with van der Waals surface area (Å²) < 4.78 is 2.76. The number of benzene rings is 2. The van der Waals surface area contributed by atoms with E-state index < -0.39 is 0 Å². The summed E-state index contributed by atoms with van der Waals surface area (Å²) in [5.41, 5.74) is 1.14. The van der Waals surface area contributed by atoms with Crippen LogP contribution in [0.1, 0.15) is 0 Å². The number of nitrogens with one attached hydrogen (secondary N) is 1. The highest BCUT2D eigenvalue weighted by Crippen LogP contribution is 2.22. The lowest BCUT2D eigenvalue weighted by molar-refractivity contribution is 0.940. The van der Waals surface area contributed by atoms with Crippen molar-refractivity contribution in [2.24, 2.45) is 0 Å². The van der Waals surface area contributed by atoms with Crippen molar-refractivity contribution in [2.45, 2.75) is 0 Å². The van der Waals surface area contributed by atoms with E-state index in [0.717, 1.165) is 9.09 Å². The molecule has 0 bridgehead atoms. The molecule has 3 aromatic rings. The SMILES string of the molecule is O=c1c2ccccc2[nH]c(=S)n1-c1ccc(I)cc1Cl. The average molecular weight is 415 g/mol. The maximum Gasteiger partial charge on any atom is 0.266 e. The number of aromatic amines is 1. The molecule has 0 amide bonds. The van der Waals surface area contributed by atoms with Gasteiger partial charge in [0.2, 0.25) is 0 Å². The van der Waals surface area contributed by atoms with Crippen molar-refractivity contribution in [3.05, 3.63) is 66.2 Å². The van der Waals surface area contributed by atoms with E-state index in [9.17, 15) is 4.79 Å². The van der Waals surface area contributed by atoms with E-state index in [-0.39, 0.29) is 5.56 Å². The minimum atomic E-state index is -0.174. The molecule has 0 fully saturated rings. The fourth-order valence-corrected chi connectivity index (χ4v) is 3.28. The van der Waals surface area contributed by atoms with Gasteiger partial charge in [-0.25, -0.2) is 0 Å². The van der Waals surface area contributed by atoms with E-state index >= 15 is 0 Å². The van der Waals surface area contributed by atoms with Gasteiger partial charge in [-0.15, -0.1) is 0 Å². The molecule has 1 heterocycles. The van der Waals surface area contributed by atoms with Gasteiger partial charge in [0.1, 0.15) is 0 Å². The van der Waals surface area contributed by atoms with Crippen LogP contribution < -0.4 is 5.56 Å². The smallest absolute Gasteiger partial charge is 0.266 e. The minimum absolute atomic E-state index is 0.174. The van der Waals surface area contributed by atoms with Crippen LogP contribution in [-0.4, -0.2) is 9.55 Å². The van der Waals surface area contributed by atoms with E-state index in [2.05, 4.69) is 27.6 Å². The second-order valence-corrected chi connectivity index (χ2v) is 6.25. The van der Waals surface area contributed by atoms with Crippen molar-refractivity contribution >= 4 is 57.3 Å². The van der Waals surface area contributed by atoms with Crippen LogP contribution in [0.2, 0.25) is 5.02 Å². The summed E-state index contributed by atoms with van der Waals surface area (Å²) >= 11 is 13.7. The van der Waals surface area contributed by atoms with Crippen LogP contribution in [0.3, 0.4) is 0 Å². The Kier molecular flexibility index (Phi) is 3.66. The molecule has 20 heavy (non-hydrogen) atoms. The Morgan fingerprint density at radius 1 is 1.20 bits per heavy atom. The fourth-order valence-electron chi connectivity index (χ4n) is 2.04. The molecule has 1 aromatic heterocycles. The molecule has 3 rings (SSSR count). The molecule has 0 aliphatic rings. The third kappa shape index (κ3) is 2.30. The number of aromatic nitrogens is 2. The normalized spacial score (nSPS) is 10.9. The molecule has 0 aliphatic heterocycles. The van der Waals surface area contributed by atoms with Gasteiger partial charge < -0.3 is 4.98 Å². The standard InChI is InChI=1S/C14H8ClIN2OS/c15-10-7-8(16)5-6-12(10)18-13(19)9-3-1-2-4-11(9)17-14(18)20/h1-7H,(H,17,20). The van der Waals surface area contributed by atoms with Crippen molar-refractivity contribution in [3.8, 4) is 5.69 Å². The summed E-state index contributed by atoms with van der Waals surface area (Å²) in [6.07, 6.45) is 0. The third-order valence-corrected chi connectivity index (χ3v) is 4.21. The molecule has 6 heteroatoms. The minimum Gasteiger partial charge on any atom is -0.331 e. The Morgan fingerprint density at radius 2 is 1.95 bits per heavy atom. The first kappa shape index (κ1) is 13.8. The first-order valence-corrected chi connectivity index (χ1v) is 7.64. The Labute approximate surface area is 138 Å². The Balaban J connectivity index is 2.43. The molecule has 0 saturated heterocycles. The zero-order valence-corrected chi connectivity index (χ0v) is 13.8. The van der Waals surface area contributed by atoms with E-state index in [1.807, 2.05) is 24.3 Å². The Hall–Kier alpha value is -1.18. The van der Waals surface area contributed by atoms with E-state index in [0.29, 0.717) is 20.9 Å². The van der Waals surface area contributed by atoms with Crippen molar-refractivity contribution in [1.29, 1.82) is 0 Å². The first-order chi connectivity index (χ1) is 9.58. The third-order valence-electron chi connectivity index (χ3n) is 2.96. The molecule has 0 spiro atoms.